The molecular weight excluding hydrogens is 214 g/mol. The van der Waals surface area contributed by atoms with Gasteiger partial charge in [-0.05, 0) is 45.4 Å². The van der Waals surface area contributed by atoms with E-state index in [0.29, 0.717) is 0 Å². The number of rotatable bonds is 7. The third-order valence-corrected chi connectivity index (χ3v) is 3.25. The minimum Gasteiger partial charge on any atom is -0.444 e. The van der Waals surface area contributed by atoms with E-state index in [4.69, 9.17) is 4.42 Å². The zero-order valence-corrected chi connectivity index (χ0v) is 10.7. The highest BCUT2D eigenvalue weighted by atomic mass is 16.4. The first kappa shape index (κ1) is 12.6. The molecule has 0 radical (unpaired) electrons. The lowest BCUT2D eigenvalue weighted by Crippen LogP contribution is -2.24. The van der Waals surface area contributed by atoms with E-state index in [1.807, 2.05) is 6.20 Å². The van der Waals surface area contributed by atoms with Gasteiger partial charge in [0.1, 0.15) is 5.76 Å². The SMILES string of the molecule is CCc1cnc(CNCCCN2CCCC2)o1. The Bertz CT molecular complexity index is 318. The summed E-state index contributed by atoms with van der Waals surface area (Å²) in [6.07, 6.45) is 6.71. The van der Waals surface area contributed by atoms with Crippen LogP contribution in [0.5, 0.6) is 0 Å². The maximum absolute atomic E-state index is 5.53. The van der Waals surface area contributed by atoms with E-state index >= 15 is 0 Å². The molecule has 0 aromatic carbocycles. The number of aryl methyl sites for hydroxylation is 1. The van der Waals surface area contributed by atoms with Crippen LogP contribution in [0.3, 0.4) is 0 Å². The van der Waals surface area contributed by atoms with Crippen LogP contribution in [0.25, 0.3) is 0 Å². The molecule has 0 aliphatic carbocycles. The molecule has 17 heavy (non-hydrogen) atoms. The zero-order chi connectivity index (χ0) is 11.9. The van der Waals surface area contributed by atoms with Crippen LogP contribution in [-0.2, 0) is 13.0 Å². The molecule has 1 aromatic rings. The summed E-state index contributed by atoms with van der Waals surface area (Å²) in [7, 11) is 0. The molecule has 1 aliphatic heterocycles. The van der Waals surface area contributed by atoms with E-state index in [0.717, 1.165) is 31.2 Å². The van der Waals surface area contributed by atoms with Crippen molar-refractivity contribution in [1.82, 2.24) is 15.2 Å². The fourth-order valence-corrected chi connectivity index (χ4v) is 2.22. The van der Waals surface area contributed by atoms with Gasteiger partial charge in [0.2, 0.25) is 5.89 Å². The van der Waals surface area contributed by atoms with E-state index in [1.165, 1.54) is 38.9 Å². The first-order valence-corrected chi connectivity index (χ1v) is 6.75. The number of nitrogens with one attached hydrogen (secondary N) is 1. The summed E-state index contributed by atoms with van der Waals surface area (Å²) in [5.74, 6) is 1.78. The quantitative estimate of drug-likeness (QED) is 0.734. The van der Waals surface area contributed by atoms with Crippen molar-refractivity contribution >= 4 is 0 Å². The lowest BCUT2D eigenvalue weighted by Gasteiger charge is -2.13. The lowest BCUT2D eigenvalue weighted by molar-refractivity contribution is 0.329. The van der Waals surface area contributed by atoms with E-state index in [2.05, 4.69) is 22.1 Å². The van der Waals surface area contributed by atoms with Crippen LogP contribution in [0.15, 0.2) is 10.6 Å². The maximum Gasteiger partial charge on any atom is 0.208 e. The Morgan fingerprint density at radius 3 is 2.94 bits per heavy atom. The minimum absolute atomic E-state index is 0.750. The largest absolute Gasteiger partial charge is 0.444 e. The van der Waals surface area contributed by atoms with Gasteiger partial charge in [0.05, 0.1) is 12.7 Å². The van der Waals surface area contributed by atoms with Crippen LogP contribution < -0.4 is 5.32 Å². The van der Waals surface area contributed by atoms with Crippen molar-refractivity contribution in [2.45, 2.75) is 39.2 Å². The standard InChI is InChI=1S/C13H23N3O/c1-2-12-10-15-13(17-12)11-14-6-5-9-16-7-3-4-8-16/h10,14H,2-9,11H2,1H3. The number of aromatic nitrogens is 1. The lowest BCUT2D eigenvalue weighted by atomic mass is 10.4. The van der Waals surface area contributed by atoms with Gasteiger partial charge < -0.3 is 14.6 Å². The fraction of sp³-hybridized carbons (Fsp3) is 0.769. The van der Waals surface area contributed by atoms with Gasteiger partial charge in [-0.1, -0.05) is 6.92 Å². The van der Waals surface area contributed by atoms with Gasteiger partial charge in [0.25, 0.3) is 0 Å². The molecule has 4 heteroatoms. The maximum atomic E-state index is 5.53. The molecular formula is C13H23N3O. The summed E-state index contributed by atoms with van der Waals surface area (Å²) in [5, 5.41) is 3.38. The summed E-state index contributed by atoms with van der Waals surface area (Å²) < 4.78 is 5.53. The van der Waals surface area contributed by atoms with Crippen molar-refractivity contribution < 1.29 is 4.42 Å². The number of oxazole rings is 1. The van der Waals surface area contributed by atoms with Crippen LogP contribution in [-0.4, -0.2) is 36.1 Å². The average molecular weight is 237 g/mol. The molecule has 1 N–H and O–H groups in total. The Labute approximate surface area is 103 Å². The van der Waals surface area contributed by atoms with Crippen molar-refractivity contribution in [2.75, 3.05) is 26.2 Å². The molecule has 0 unspecified atom stereocenters. The fourth-order valence-electron chi connectivity index (χ4n) is 2.22. The van der Waals surface area contributed by atoms with E-state index < -0.39 is 0 Å². The zero-order valence-electron chi connectivity index (χ0n) is 10.7. The van der Waals surface area contributed by atoms with Crippen molar-refractivity contribution in [3.8, 4) is 0 Å². The second kappa shape index (κ2) is 6.77. The highest BCUT2D eigenvalue weighted by molar-refractivity contribution is 4.93. The molecule has 0 atom stereocenters. The second-order valence-corrected chi connectivity index (χ2v) is 4.65. The normalized spacial score (nSPS) is 16.8. The van der Waals surface area contributed by atoms with E-state index in [9.17, 15) is 0 Å². The van der Waals surface area contributed by atoms with E-state index in [1.54, 1.807) is 0 Å². The van der Waals surface area contributed by atoms with Gasteiger partial charge in [0.15, 0.2) is 0 Å². The van der Waals surface area contributed by atoms with Gasteiger partial charge >= 0.3 is 0 Å². The molecule has 0 saturated carbocycles. The molecule has 0 bridgehead atoms. The van der Waals surface area contributed by atoms with Crippen LogP contribution in [0.4, 0.5) is 0 Å². The number of hydrogen-bond donors (Lipinski definition) is 1. The minimum atomic E-state index is 0.750. The molecule has 1 fully saturated rings. The molecule has 96 valence electrons. The van der Waals surface area contributed by atoms with Crippen molar-refractivity contribution in [3.63, 3.8) is 0 Å². The third-order valence-electron chi connectivity index (χ3n) is 3.25. The Morgan fingerprint density at radius 1 is 1.41 bits per heavy atom. The summed E-state index contributed by atoms with van der Waals surface area (Å²) in [4.78, 5) is 6.77. The Kier molecular flexibility index (Phi) is 5.01. The number of nitrogens with zero attached hydrogens (tertiary/aromatic N) is 2. The molecule has 0 spiro atoms. The average Bonchev–Trinajstić information content (AvgIpc) is 2.99. The molecule has 2 rings (SSSR count). The predicted molar refractivity (Wildman–Crippen MR) is 67.9 cm³/mol. The van der Waals surface area contributed by atoms with E-state index in [-0.39, 0.29) is 0 Å². The van der Waals surface area contributed by atoms with Gasteiger partial charge in [-0.3, -0.25) is 0 Å². The Morgan fingerprint density at radius 2 is 2.24 bits per heavy atom. The van der Waals surface area contributed by atoms with Crippen LogP contribution in [0, 0.1) is 0 Å². The number of likely N-dealkylation sites (tertiary alicyclic amines) is 1. The summed E-state index contributed by atoms with van der Waals surface area (Å²) >= 11 is 0. The Hall–Kier alpha value is -0.870. The highest BCUT2D eigenvalue weighted by Crippen LogP contribution is 2.07. The molecule has 1 aromatic heterocycles. The monoisotopic (exact) mass is 237 g/mol. The molecule has 4 nitrogen and oxygen atoms in total. The van der Waals surface area contributed by atoms with Gasteiger partial charge in [-0.25, -0.2) is 4.98 Å². The summed E-state index contributed by atoms with van der Waals surface area (Å²) in [6, 6.07) is 0. The third kappa shape index (κ3) is 4.13. The molecule has 1 saturated heterocycles. The van der Waals surface area contributed by atoms with Gasteiger partial charge in [-0.15, -0.1) is 0 Å². The topological polar surface area (TPSA) is 41.3 Å². The van der Waals surface area contributed by atoms with Crippen molar-refractivity contribution in [1.29, 1.82) is 0 Å². The summed E-state index contributed by atoms with van der Waals surface area (Å²) in [5.41, 5.74) is 0. The van der Waals surface area contributed by atoms with Crippen LogP contribution in [0.2, 0.25) is 0 Å². The Balaban J connectivity index is 1.53. The smallest absolute Gasteiger partial charge is 0.208 e. The van der Waals surface area contributed by atoms with Crippen molar-refractivity contribution in [2.24, 2.45) is 0 Å². The molecule has 1 aliphatic rings. The first-order chi connectivity index (χ1) is 8.38. The highest BCUT2D eigenvalue weighted by Gasteiger charge is 2.10. The van der Waals surface area contributed by atoms with Gasteiger partial charge in [0, 0.05) is 6.42 Å². The van der Waals surface area contributed by atoms with Crippen molar-refractivity contribution in [3.05, 3.63) is 17.8 Å². The van der Waals surface area contributed by atoms with Crippen LogP contribution >= 0.6 is 0 Å². The predicted octanol–water partition coefficient (Wildman–Crippen LogP) is 1.81. The summed E-state index contributed by atoms with van der Waals surface area (Å²) in [6.45, 7) is 7.67. The van der Waals surface area contributed by atoms with Gasteiger partial charge in [-0.2, -0.15) is 0 Å². The van der Waals surface area contributed by atoms with Crippen LogP contribution in [0.1, 0.15) is 37.8 Å². The second-order valence-electron chi connectivity index (χ2n) is 4.65. The first-order valence-electron chi connectivity index (χ1n) is 6.75. The number of hydrogen-bond acceptors (Lipinski definition) is 4. The molecule has 2 heterocycles. The molecule has 0 amide bonds.